The number of carbonyl (C=O) groups is 1. The van der Waals surface area contributed by atoms with E-state index in [1.165, 1.54) is 6.07 Å². The minimum absolute atomic E-state index is 0.0329. The Hall–Kier alpha value is -0.690. The van der Waals surface area contributed by atoms with E-state index in [-0.39, 0.29) is 26.3 Å². The van der Waals surface area contributed by atoms with E-state index in [9.17, 15) is 13.2 Å². The summed E-state index contributed by atoms with van der Waals surface area (Å²) in [5.74, 6) is -1.75. The Morgan fingerprint density at radius 1 is 1.33 bits per heavy atom. The highest BCUT2D eigenvalue weighted by atomic mass is 35.5. The molecule has 18 heavy (non-hydrogen) atoms. The molecule has 1 rings (SSSR count). The first kappa shape index (κ1) is 15.4. The van der Waals surface area contributed by atoms with E-state index in [1.807, 2.05) is 0 Å². The molecule has 9 heteroatoms. The Balaban J connectivity index is 3.26. The Morgan fingerprint density at radius 2 is 1.89 bits per heavy atom. The summed E-state index contributed by atoms with van der Waals surface area (Å²) in [5.41, 5.74) is -0.282. The zero-order valence-corrected chi connectivity index (χ0v) is 12.1. The fourth-order valence-corrected chi connectivity index (χ4v) is 2.33. The Bertz CT molecular complexity index is 600. The molecule has 0 spiro atoms. The molecular formula is C9H8Cl3NO4S. The monoisotopic (exact) mass is 331 g/mol. The van der Waals surface area contributed by atoms with Crippen molar-refractivity contribution < 1.29 is 18.3 Å². The van der Waals surface area contributed by atoms with E-state index < -0.39 is 21.7 Å². The summed E-state index contributed by atoms with van der Waals surface area (Å²) in [6.45, 7) is 0. The standard InChI is InChI=1S/C9H8Cl3NO4S/c1-18(16,17)3-13-5-2-4(10)7(11)6(8(5)12)9(14)15/h2,13H,3H2,1H3,(H,14,15). The van der Waals surface area contributed by atoms with Crippen LogP contribution in [0.15, 0.2) is 6.07 Å². The summed E-state index contributed by atoms with van der Waals surface area (Å²) in [4.78, 5) is 11.0. The molecular weight excluding hydrogens is 325 g/mol. The summed E-state index contributed by atoms with van der Waals surface area (Å²) >= 11 is 17.3. The normalized spacial score (nSPS) is 11.3. The van der Waals surface area contributed by atoms with Gasteiger partial charge in [0.2, 0.25) is 0 Å². The van der Waals surface area contributed by atoms with Gasteiger partial charge in [0.15, 0.2) is 9.84 Å². The van der Waals surface area contributed by atoms with Crippen LogP contribution in [0.4, 0.5) is 5.69 Å². The maximum atomic E-state index is 11.0. The van der Waals surface area contributed by atoms with Crippen LogP contribution in [0.3, 0.4) is 0 Å². The van der Waals surface area contributed by atoms with Crippen LogP contribution in [0, 0.1) is 0 Å². The molecule has 0 aliphatic rings. The zero-order chi connectivity index (χ0) is 14.1. The fraction of sp³-hybridized carbons (Fsp3) is 0.222. The van der Waals surface area contributed by atoms with Crippen LogP contribution >= 0.6 is 34.8 Å². The van der Waals surface area contributed by atoms with Gasteiger partial charge < -0.3 is 10.4 Å². The van der Waals surface area contributed by atoms with Crippen molar-refractivity contribution in [1.82, 2.24) is 0 Å². The van der Waals surface area contributed by atoms with Gasteiger partial charge in [-0.25, -0.2) is 13.2 Å². The first-order valence-corrected chi connectivity index (χ1v) is 7.65. The molecule has 0 aliphatic carbocycles. The van der Waals surface area contributed by atoms with Gasteiger partial charge in [-0.3, -0.25) is 0 Å². The molecule has 1 aromatic rings. The fourth-order valence-electron chi connectivity index (χ4n) is 1.13. The van der Waals surface area contributed by atoms with Crippen LogP contribution in [0.2, 0.25) is 15.1 Å². The average molecular weight is 333 g/mol. The number of hydrogen-bond donors (Lipinski definition) is 2. The lowest BCUT2D eigenvalue weighted by Crippen LogP contribution is -2.13. The molecule has 2 N–H and O–H groups in total. The Kier molecular flexibility index (Phi) is 4.72. The molecule has 0 heterocycles. The van der Waals surface area contributed by atoms with Crippen molar-refractivity contribution in [2.24, 2.45) is 0 Å². The van der Waals surface area contributed by atoms with Crippen molar-refractivity contribution in [3.05, 3.63) is 26.7 Å². The van der Waals surface area contributed by atoms with Crippen LogP contribution in [0.5, 0.6) is 0 Å². The van der Waals surface area contributed by atoms with Crippen molar-refractivity contribution in [1.29, 1.82) is 0 Å². The van der Waals surface area contributed by atoms with Gasteiger partial charge >= 0.3 is 5.97 Å². The molecule has 0 fully saturated rings. The molecule has 0 saturated carbocycles. The maximum Gasteiger partial charge on any atom is 0.338 e. The van der Waals surface area contributed by atoms with Crippen LogP contribution in [0.1, 0.15) is 10.4 Å². The second-order valence-corrected chi connectivity index (χ2v) is 6.76. The predicted octanol–water partition coefficient (Wildman–Crippen LogP) is 2.76. The molecule has 0 aromatic heterocycles. The van der Waals surface area contributed by atoms with Gasteiger partial charge in [-0.2, -0.15) is 0 Å². The van der Waals surface area contributed by atoms with Crippen LogP contribution in [-0.2, 0) is 9.84 Å². The predicted molar refractivity (Wildman–Crippen MR) is 71.8 cm³/mol. The van der Waals surface area contributed by atoms with Crippen LogP contribution < -0.4 is 5.32 Å². The molecule has 0 bridgehead atoms. The topological polar surface area (TPSA) is 83.5 Å². The molecule has 0 radical (unpaired) electrons. The SMILES string of the molecule is CS(=O)(=O)CNc1cc(Cl)c(Cl)c(C(=O)O)c1Cl. The van der Waals surface area contributed by atoms with Crippen molar-refractivity contribution in [3.8, 4) is 0 Å². The third-order valence-electron chi connectivity index (χ3n) is 1.89. The highest BCUT2D eigenvalue weighted by molar-refractivity contribution is 7.90. The summed E-state index contributed by atoms with van der Waals surface area (Å²) in [5, 5.41) is 11.0. The molecule has 0 atom stereocenters. The summed E-state index contributed by atoms with van der Waals surface area (Å²) in [6, 6.07) is 1.27. The Labute approximate surface area is 119 Å². The highest BCUT2D eigenvalue weighted by Crippen LogP contribution is 2.37. The van der Waals surface area contributed by atoms with Crippen molar-refractivity contribution in [2.45, 2.75) is 0 Å². The highest BCUT2D eigenvalue weighted by Gasteiger charge is 2.20. The number of sulfone groups is 1. The molecule has 100 valence electrons. The largest absolute Gasteiger partial charge is 0.478 e. The van der Waals surface area contributed by atoms with E-state index in [0.29, 0.717) is 0 Å². The van der Waals surface area contributed by atoms with E-state index >= 15 is 0 Å². The maximum absolute atomic E-state index is 11.0. The lowest BCUT2D eigenvalue weighted by molar-refractivity contribution is 0.0697. The lowest BCUT2D eigenvalue weighted by Gasteiger charge is -2.12. The molecule has 0 amide bonds. The van der Waals surface area contributed by atoms with Gasteiger partial charge in [-0.1, -0.05) is 34.8 Å². The molecule has 0 unspecified atom stereocenters. The van der Waals surface area contributed by atoms with Crippen molar-refractivity contribution in [3.63, 3.8) is 0 Å². The number of carboxylic acid groups (broad SMARTS) is 1. The second kappa shape index (κ2) is 5.52. The van der Waals surface area contributed by atoms with Gasteiger partial charge in [-0.05, 0) is 6.07 Å². The van der Waals surface area contributed by atoms with Gasteiger partial charge in [-0.15, -0.1) is 0 Å². The van der Waals surface area contributed by atoms with Crippen molar-refractivity contribution >= 4 is 56.3 Å². The molecule has 0 saturated heterocycles. The van der Waals surface area contributed by atoms with E-state index in [4.69, 9.17) is 39.9 Å². The number of hydrogen-bond acceptors (Lipinski definition) is 4. The molecule has 0 aliphatic heterocycles. The summed E-state index contributed by atoms with van der Waals surface area (Å²) < 4.78 is 22.0. The van der Waals surface area contributed by atoms with E-state index in [2.05, 4.69) is 5.32 Å². The second-order valence-electron chi connectivity index (χ2n) is 3.46. The quantitative estimate of drug-likeness (QED) is 0.828. The number of aromatic carboxylic acids is 1. The van der Waals surface area contributed by atoms with E-state index in [1.54, 1.807) is 0 Å². The van der Waals surface area contributed by atoms with Gasteiger partial charge in [0, 0.05) is 6.26 Å². The number of rotatable bonds is 4. The number of benzene rings is 1. The van der Waals surface area contributed by atoms with Crippen LogP contribution in [-0.4, -0.2) is 31.6 Å². The number of anilines is 1. The zero-order valence-electron chi connectivity index (χ0n) is 9.00. The summed E-state index contributed by atoms with van der Waals surface area (Å²) in [7, 11) is -3.29. The van der Waals surface area contributed by atoms with Crippen molar-refractivity contribution in [2.75, 3.05) is 17.4 Å². The third kappa shape index (κ3) is 3.65. The lowest BCUT2D eigenvalue weighted by atomic mass is 10.2. The molecule has 5 nitrogen and oxygen atoms in total. The molecule has 1 aromatic carbocycles. The van der Waals surface area contributed by atoms with Gasteiger partial charge in [0.1, 0.15) is 11.4 Å². The average Bonchev–Trinajstić information content (AvgIpc) is 2.20. The van der Waals surface area contributed by atoms with E-state index in [0.717, 1.165) is 6.26 Å². The number of nitrogens with one attached hydrogen (secondary N) is 1. The number of halogens is 3. The van der Waals surface area contributed by atoms with Crippen LogP contribution in [0.25, 0.3) is 0 Å². The smallest absolute Gasteiger partial charge is 0.338 e. The first-order valence-electron chi connectivity index (χ1n) is 4.46. The third-order valence-corrected chi connectivity index (χ3v) is 3.74. The first-order chi connectivity index (χ1) is 8.13. The summed E-state index contributed by atoms with van der Waals surface area (Å²) in [6.07, 6.45) is 1.02. The van der Waals surface area contributed by atoms with Gasteiger partial charge in [0.05, 0.1) is 20.8 Å². The minimum atomic E-state index is -3.29. The van der Waals surface area contributed by atoms with Gasteiger partial charge in [0.25, 0.3) is 0 Å². The number of carboxylic acids is 1. The minimum Gasteiger partial charge on any atom is -0.478 e. The Morgan fingerprint density at radius 3 is 2.33 bits per heavy atom.